The van der Waals surface area contributed by atoms with Crippen LogP contribution in [0.15, 0.2) is 42.5 Å². The van der Waals surface area contributed by atoms with E-state index in [4.69, 9.17) is 21.1 Å². The standard InChI is InChI=1S/C19H24ClNO3.ClH/c1-19(2,13-22)21-11-14-8-6-10-17(23-3)18(14)24-12-15-7-4-5-9-16(15)20;/h4-10,21-22H,11-13H2,1-3H3;1H. The van der Waals surface area contributed by atoms with Crippen LogP contribution in [0.25, 0.3) is 0 Å². The first-order chi connectivity index (χ1) is 11.5. The van der Waals surface area contributed by atoms with Gasteiger partial charge in [0.2, 0.25) is 0 Å². The number of hydrogen-bond donors (Lipinski definition) is 2. The second-order valence-corrected chi connectivity index (χ2v) is 6.63. The molecular weight excluding hydrogens is 361 g/mol. The predicted octanol–water partition coefficient (Wildman–Crippen LogP) is 4.21. The largest absolute Gasteiger partial charge is 0.493 e. The van der Waals surface area contributed by atoms with Crippen LogP contribution in [0.3, 0.4) is 0 Å². The molecule has 2 rings (SSSR count). The number of aliphatic hydroxyl groups is 1. The Kier molecular flexibility index (Phi) is 8.53. The van der Waals surface area contributed by atoms with Crippen molar-refractivity contribution < 1.29 is 14.6 Å². The van der Waals surface area contributed by atoms with E-state index in [9.17, 15) is 5.11 Å². The number of hydrogen-bond acceptors (Lipinski definition) is 4. The molecule has 0 saturated heterocycles. The summed E-state index contributed by atoms with van der Waals surface area (Å²) in [6.07, 6.45) is 0. The van der Waals surface area contributed by atoms with Crippen molar-refractivity contribution >= 4 is 24.0 Å². The van der Waals surface area contributed by atoms with Gasteiger partial charge in [-0.05, 0) is 26.0 Å². The van der Waals surface area contributed by atoms with Crippen molar-refractivity contribution in [3.8, 4) is 11.5 Å². The van der Waals surface area contributed by atoms with Crippen molar-refractivity contribution in [2.24, 2.45) is 0 Å². The molecule has 6 heteroatoms. The van der Waals surface area contributed by atoms with Crippen LogP contribution in [0.4, 0.5) is 0 Å². The Hall–Kier alpha value is -1.46. The molecule has 0 spiro atoms. The smallest absolute Gasteiger partial charge is 0.166 e. The lowest BCUT2D eigenvalue weighted by Crippen LogP contribution is -2.42. The van der Waals surface area contributed by atoms with Crippen LogP contribution in [0, 0.1) is 0 Å². The number of para-hydroxylation sites is 1. The first-order valence-electron chi connectivity index (χ1n) is 7.85. The fourth-order valence-electron chi connectivity index (χ4n) is 2.18. The highest BCUT2D eigenvalue weighted by molar-refractivity contribution is 6.31. The number of halogens is 2. The number of nitrogens with one attached hydrogen (secondary N) is 1. The van der Waals surface area contributed by atoms with Crippen LogP contribution in [0.5, 0.6) is 11.5 Å². The molecule has 0 saturated carbocycles. The Morgan fingerprint density at radius 3 is 2.40 bits per heavy atom. The van der Waals surface area contributed by atoms with Gasteiger partial charge >= 0.3 is 0 Å². The molecule has 0 aromatic heterocycles. The maximum absolute atomic E-state index is 9.39. The molecule has 2 aromatic carbocycles. The molecule has 0 aliphatic carbocycles. The number of benzene rings is 2. The third kappa shape index (κ3) is 6.08. The number of aliphatic hydroxyl groups excluding tert-OH is 1. The van der Waals surface area contributed by atoms with Crippen molar-refractivity contribution in [1.82, 2.24) is 5.32 Å². The van der Waals surface area contributed by atoms with E-state index in [-0.39, 0.29) is 24.6 Å². The molecule has 0 aliphatic heterocycles. The lowest BCUT2D eigenvalue weighted by atomic mass is 10.1. The quantitative estimate of drug-likeness (QED) is 0.714. The predicted molar refractivity (Wildman–Crippen MR) is 104 cm³/mol. The molecule has 0 bridgehead atoms. The Morgan fingerprint density at radius 2 is 1.76 bits per heavy atom. The lowest BCUT2D eigenvalue weighted by Gasteiger charge is -2.24. The average Bonchev–Trinajstić information content (AvgIpc) is 2.59. The van der Waals surface area contributed by atoms with Crippen LogP contribution < -0.4 is 14.8 Å². The molecule has 0 heterocycles. The van der Waals surface area contributed by atoms with Crippen LogP contribution >= 0.6 is 24.0 Å². The van der Waals surface area contributed by atoms with E-state index in [1.54, 1.807) is 7.11 Å². The molecule has 0 radical (unpaired) electrons. The van der Waals surface area contributed by atoms with Gasteiger partial charge in [0.15, 0.2) is 11.5 Å². The van der Waals surface area contributed by atoms with Gasteiger partial charge in [-0.15, -0.1) is 12.4 Å². The lowest BCUT2D eigenvalue weighted by molar-refractivity contribution is 0.186. The van der Waals surface area contributed by atoms with Crippen molar-refractivity contribution in [1.29, 1.82) is 0 Å². The van der Waals surface area contributed by atoms with E-state index in [1.807, 2.05) is 56.3 Å². The zero-order valence-corrected chi connectivity index (χ0v) is 16.3. The van der Waals surface area contributed by atoms with Gasteiger partial charge < -0.3 is 19.9 Å². The van der Waals surface area contributed by atoms with Gasteiger partial charge in [0.05, 0.1) is 13.7 Å². The minimum Gasteiger partial charge on any atom is -0.493 e. The summed E-state index contributed by atoms with van der Waals surface area (Å²) in [5.41, 5.74) is 1.51. The number of ether oxygens (including phenoxy) is 2. The van der Waals surface area contributed by atoms with Crippen LogP contribution in [0.2, 0.25) is 5.02 Å². The second kappa shape index (κ2) is 9.88. The van der Waals surface area contributed by atoms with Gasteiger partial charge in [-0.3, -0.25) is 0 Å². The normalized spacial score (nSPS) is 10.9. The Morgan fingerprint density at radius 1 is 1.08 bits per heavy atom. The van der Waals surface area contributed by atoms with Gasteiger partial charge in [0.1, 0.15) is 6.61 Å². The molecule has 138 valence electrons. The topological polar surface area (TPSA) is 50.7 Å². The summed E-state index contributed by atoms with van der Waals surface area (Å²) < 4.78 is 11.4. The third-order valence-corrected chi connectivity index (χ3v) is 4.13. The van der Waals surface area contributed by atoms with E-state index in [0.717, 1.165) is 11.1 Å². The molecule has 2 aromatic rings. The molecule has 25 heavy (non-hydrogen) atoms. The zero-order valence-electron chi connectivity index (χ0n) is 14.7. The van der Waals surface area contributed by atoms with E-state index in [2.05, 4.69) is 5.32 Å². The molecule has 0 fully saturated rings. The summed E-state index contributed by atoms with van der Waals surface area (Å²) in [4.78, 5) is 0. The van der Waals surface area contributed by atoms with E-state index in [0.29, 0.717) is 29.7 Å². The molecule has 4 nitrogen and oxygen atoms in total. The van der Waals surface area contributed by atoms with Crippen molar-refractivity contribution in [3.63, 3.8) is 0 Å². The minimum absolute atomic E-state index is 0. The number of methoxy groups -OCH3 is 1. The van der Waals surface area contributed by atoms with Crippen molar-refractivity contribution in [2.75, 3.05) is 13.7 Å². The van der Waals surface area contributed by atoms with Gasteiger partial charge in [-0.2, -0.15) is 0 Å². The summed E-state index contributed by atoms with van der Waals surface area (Å²) in [6, 6.07) is 13.4. The van der Waals surface area contributed by atoms with Crippen LogP contribution in [0.1, 0.15) is 25.0 Å². The Balaban J connectivity index is 0.00000312. The molecule has 0 unspecified atom stereocenters. The molecule has 2 N–H and O–H groups in total. The van der Waals surface area contributed by atoms with Gasteiger partial charge in [0.25, 0.3) is 0 Å². The van der Waals surface area contributed by atoms with E-state index < -0.39 is 0 Å². The van der Waals surface area contributed by atoms with Gasteiger partial charge in [-0.1, -0.05) is 41.9 Å². The maximum atomic E-state index is 9.39. The zero-order chi connectivity index (χ0) is 17.6. The summed E-state index contributed by atoms with van der Waals surface area (Å²) in [7, 11) is 1.62. The first-order valence-corrected chi connectivity index (χ1v) is 8.22. The van der Waals surface area contributed by atoms with E-state index in [1.165, 1.54) is 0 Å². The highest BCUT2D eigenvalue weighted by atomic mass is 35.5. The summed E-state index contributed by atoms with van der Waals surface area (Å²) in [5, 5.41) is 13.4. The summed E-state index contributed by atoms with van der Waals surface area (Å²) in [6.45, 7) is 4.85. The monoisotopic (exact) mass is 385 g/mol. The Bertz CT molecular complexity index is 677. The molecule has 0 amide bonds. The first kappa shape index (κ1) is 21.6. The van der Waals surface area contributed by atoms with Crippen LogP contribution in [-0.2, 0) is 13.2 Å². The van der Waals surface area contributed by atoms with Gasteiger partial charge in [0, 0.05) is 28.2 Å². The summed E-state index contributed by atoms with van der Waals surface area (Å²) >= 11 is 6.19. The average molecular weight is 386 g/mol. The Labute approximate surface area is 160 Å². The van der Waals surface area contributed by atoms with Crippen molar-refractivity contribution in [2.45, 2.75) is 32.5 Å². The number of rotatable bonds is 8. The summed E-state index contributed by atoms with van der Waals surface area (Å²) in [5.74, 6) is 1.35. The highest BCUT2D eigenvalue weighted by Crippen LogP contribution is 2.32. The second-order valence-electron chi connectivity index (χ2n) is 6.22. The van der Waals surface area contributed by atoms with Gasteiger partial charge in [-0.25, -0.2) is 0 Å². The molecule has 0 atom stereocenters. The minimum atomic E-state index is -0.372. The molecular formula is C19H25Cl2NO3. The van der Waals surface area contributed by atoms with Crippen LogP contribution in [-0.4, -0.2) is 24.4 Å². The fraction of sp³-hybridized carbons (Fsp3) is 0.368. The van der Waals surface area contributed by atoms with E-state index >= 15 is 0 Å². The van der Waals surface area contributed by atoms with Crippen molar-refractivity contribution in [3.05, 3.63) is 58.6 Å². The third-order valence-electron chi connectivity index (χ3n) is 3.76. The SMILES string of the molecule is COc1cccc(CNC(C)(C)CO)c1OCc1ccccc1Cl.Cl. The highest BCUT2D eigenvalue weighted by Gasteiger charge is 2.18. The maximum Gasteiger partial charge on any atom is 0.166 e. The molecule has 0 aliphatic rings. The fourth-order valence-corrected chi connectivity index (χ4v) is 2.37.